The lowest BCUT2D eigenvalue weighted by Crippen LogP contribution is -2.24. The van der Waals surface area contributed by atoms with Gasteiger partial charge in [0.15, 0.2) is 5.16 Å². The average molecular weight is 514 g/mol. The van der Waals surface area contributed by atoms with Gasteiger partial charge < -0.3 is 5.32 Å². The predicted octanol–water partition coefficient (Wildman–Crippen LogP) is 5.93. The molecule has 174 valence electrons. The molecule has 5 nitrogen and oxygen atoms in total. The molecule has 1 aliphatic carbocycles. The number of carbonyl (C=O) groups excluding carboxylic acids is 1. The van der Waals surface area contributed by atoms with Gasteiger partial charge in [-0.2, -0.15) is 13.2 Å². The van der Waals surface area contributed by atoms with Crippen molar-refractivity contribution >= 4 is 56.5 Å². The molecule has 0 fully saturated rings. The minimum atomic E-state index is -4.63. The Labute approximate surface area is 200 Å². The number of nitrogens with zero attached hydrogens (tertiary/aromatic N) is 2. The van der Waals surface area contributed by atoms with Crippen molar-refractivity contribution in [1.82, 2.24) is 9.55 Å². The Morgan fingerprint density at radius 2 is 2.09 bits per heavy atom. The van der Waals surface area contributed by atoms with Crippen LogP contribution >= 0.6 is 34.7 Å². The molecular weight excluding hydrogens is 495 g/mol. The maximum Gasteiger partial charge on any atom is 0.417 e. The monoisotopic (exact) mass is 513 g/mol. The zero-order chi connectivity index (χ0) is 23.8. The molecule has 0 radical (unpaired) electrons. The average Bonchev–Trinajstić information content (AvgIpc) is 3.13. The van der Waals surface area contributed by atoms with Crippen molar-refractivity contribution in [1.29, 1.82) is 0 Å². The molecule has 0 spiro atoms. The molecule has 0 saturated heterocycles. The molecule has 0 saturated carbocycles. The Kier molecular flexibility index (Phi) is 6.88. The number of aromatic nitrogens is 2. The quantitative estimate of drug-likeness (QED) is 0.252. The minimum absolute atomic E-state index is 0.0184. The smallest absolute Gasteiger partial charge is 0.325 e. The SMILES string of the molecule is C=CCn1c(SCC(=O)Nc2ccc(Cl)c(C(F)(F)F)c2)nc2sc3c(c2c1=O)CCCC3. The lowest BCUT2D eigenvalue weighted by molar-refractivity contribution is -0.137. The third-order valence-electron chi connectivity index (χ3n) is 5.24. The maximum atomic E-state index is 13.2. The van der Waals surface area contributed by atoms with Crippen LogP contribution in [0, 0.1) is 0 Å². The van der Waals surface area contributed by atoms with Crippen molar-refractivity contribution < 1.29 is 18.0 Å². The lowest BCUT2D eigenvalue weighted by atomic mass is 9.97. The Bertz CT molecular complexity index is 1300. The third kappa shape index (κ3) is 4.97. The van der Waals surface area contributed by atoms with E-state index < -0.39 is 22.7 Å². The van der Waals surface area contributed by atoms with E-state index in [0.717, 1.165) is 55.1 Å². The number of rotatable bonds is 6. The van der Waals surface area contributed by atoms with E-state index in [1.54, 1.807) is 6.08 Å². The van der Waals surface area contributed by atoms with Crippen molar-refractivity contribution in [2.24, 2.45) is 0 Å². The summed E-state index contributed by atoms with van der Waals surface area (Å²) in [6, 6.07) is 3.18. The highest BCUT2D eigenvalue weighted by atomic mass is 35.5. The minimum Gasteiger partial charge on any atom is -0.325 e. The second-order valence-corrected chi connectivity index (χ2v) is 9.95. The number of carbonyl (C=O) groups is 1. The summed E-state index contributed by atoms with van der Waals surface area (Å²) in [5.41, 5.74) is -0.123. The first-order valence-corrected chi connectivity index (χ1v) is 12.3. The standard InChI is InChI=1S/C22H19ClF3N3O2S2/c1-2-9-29-20(31)18-13-5-3-4-6-16(13)33-19(18)28-21(29)32-11-17(30)27-12-7-8-15(23)14(10-12)22(24,25)26/h2,7-8,10H,1,3-6,9,11H2,(H,27,30). The number of alkyl halides is 3. The summed E-state index contributed by atoms with van der Waals surface area (Å²) < 4.78 is 40.6. The van der Waals surface area contributed by atoms with Gasteiger partial charge in [0.1, 0.15) is 4.83 Å². The van der Waals surface area contributed by atoms with E-state index in [9.17, 15) is 22.8 Å². The molecule has 11 heteroatoms. The number of hydrogen-bond donors (Lipinski definition) is 1. The van der Waals surface area contributed by atoms with Crippen molar-refractivity contribution in [3.05, 3.63) is 62.2 Å². The number of halogens is 4. The zero-order valence-electron chi connectivity index (χ0n) is 17.3. The summed E-state index contributed by atoms with van der Waals surface area (Å²) in [7, 11) is 0. The number of aryl methyl sites for hydroxylation is 2. The van der Waals surface area contributed by atoms with Gasteiger partial charge in [0.2, 0.25) is 5.91 Å². The molecule has 1 N–H and O–H groups in total. The molecule has 2 heterocycles. The molecule has 1 aromatic carbocycles. The van der Waals surface area contributed by atoms with Crippen LogP contribution in [0.25, 0.3) is 10.2 Å². The van der Waals surface area contributed by atoms with Crippen LogP contribution in [0.4, 0.5) is 18.9 Å². The second-order valence-electron chi connectivity index (χ2n) is 7.52. The van der Waals surface area contributed by atoms with E-state index in [-0.39, 0.29) is 23.5 Å². The first-order valence-electron chi connectivity index (χ1n) is 10.1. The van der Waals surface area contributed by atoms with Gasteiger partial charge in [-0.1, -0.05) is 29.4 Å². The molecule has 1 aliphatic rings. The van der Waals surface area contributed by atoms with Crippen LogP contribution in [-0.2, 0) is 30.4 Å². The van der Waals surface area contributed by atoms with Crippen molar-refractivity contribution in [2.75, 3.05) is 11.1 Å². The molecule has 1 amide bonds. The van der Waals surface area contributed by atoms with Gasteiger partial charge >= 0.3 is 6.18 Å². The summed E-state index contributed by atoms with van der Waals surface area (Å²) in [5, 5.41) is 3.01. The largest absolute Gasteiger partial charge is 0.417 e. The summed E-state index contributed by atoms with van der Waals surface area (Å²) >= 11 is 8.19. The van der Waals surface area contributed by atoms with Crippen LogP contribution in [0.3, 0.4) is 0 Å². The Balaban J connectivity index is 1.57. The first kappa shape index (κ1) is 23.8. The normalized spacial score (nSPS) is 13.7. The van der Waals surface area contributed by atoms with E-state index in [0.29, 0.717) is 15.4 Å². The van der Waals surface area contributed by atoms with Crippen molar-refractivity contribution in [3.8, 4) is 0 Å². The van der Waals surface area contributed by atoms with Crippen LogP contribution in [0.2, 0.25) is 5.02 Å². The van der Waals surface area contributed by atoms with Gasteiger partial charge in [0.25, 0.3) is 5.56 Å². The number of hydrogen-bond acceptors (Lipinski definition) is 5. The van der Waals surface area contributed by atoms with Gasteiger partial charge in [-0.05, 0) is 49.4 Å². The highest BCUT2D eigenvalue weighted by Crippen LogP contribution is 2.37. The van der Waals surface area contributed by atoms with Crippen LogP contribution < -0.4 is 10.9 Å². The number of thioether (sulfide) groups is 1. The number of benzene rings is 1. The predicted molar refractivity (Wildman–Crippen MR) is 127 cm³/mol. The highest BCUT2D eigenvalue weighted by molar-refractivity contribution is 7.99. The second kappa shape index (κ2) is 9.52. The number of allylic oxidation sites excluding steroid dienone is 1. The molecule has 0 atom stereocenters. The maximum absolute atomic E-state index is 13.2. The van der Waals surface area contributed by atoms with Gasteiger partial charge in [0.05, 0.1) is 21.7 Å². The van der Waals surface area contributed by atoms with Gasteiger partial charge in [-0.3, -0.25) is 14.2 Å². The Morgan fingerprint density at radius 3 is 2.82 bits per heavy atom. The summed E-state index contributed by atoms with van der Waals surface area (Å²) in [6.07, 6.45) is 0.872. The summed E-state index contributed by atoms with van der Waals surface area (Å²) in [6.45, 7) is 3.94. The fourth-order valence-corrected chi connectivity index (χ4v) is 6.10. The molecule has 3 aromatic rings. The molecule has 0 bridgehead atoms. The Morgan fingerprint density at radius 1 is 1.33 bits per heavy atom. The number of thiophene rings is 1. The molecule has 0 unspecified atom stereocenters. The van der Waals surface area contributed by atoms with Crippen molar-refractivity contribution in [2.45, 2.75) is 43.6 Å². The number of anilines is 1. The summed E-state index contributed by atoms with van der Waals surface area (Å²) in [5.74, 6) is -0.662. The van der Waals surface area contributed by atoms with Gasteiger partial charge in [0, 0.05) is 17.1 Å². The van der Waals surface area contributed by atoms with E-state index in [2.05, 4.69) is 16.9 Å². The fourth-order valence-electron chi connectivity index (χ4n) is 3.77. The van der Waals surface area contributed by atoms with E-state index in [4.69, 9.17) is 11.6 Å². The molecule has 2 aromatic heterocycles. The fraction of sp³-hybridized carbons (Fsp3) is 0.318. The van der Waals surface area contributed by atoms with E-state index in [1.807, 2.05) is 0 Å². The highest BCUT2D eigenvalue weighted by Gasteiger charge is 2.33. The van der Waals surface area contributed by atoms with Crippen LogP contribution in [0.15, 0.2) is 40.8 Å². The van der Waals surface area contributed by atoms with E-state index in [1.165, 1.54) is 26.8 Å². The Hall–Kier alpha value is -2.30. The zero-order valence-corrected chi connectivity index (χ0v) is 19.7. The third-order valence-corrected chi connectivity index (χ3v) is 7.73. The molecular formula is C22H19ClF3N3O2S2. The van der Waals surface area contributed by atoms with E-state index >= 15 is 0 Å². The van der Waals surface area contributed by atoms with Crippen molar-refractivity contribution in [3.63, 3.8) is 0 Å². The lowest BCUT2D eigenvalue weighted by Gasteiger charge is -2.13. The molecule has 33 heavy (non-hydrogen) atoms. The number of fused-ring (bicyclic) bond motifs is 3. The van der Waals surface area contributed by atoms with Crippen LogP contribution in [-0.4, -0.2) is 21.2 Å². The van der Waals surface area contributed by atoms with Crippen LogP contribution in [0.5, 0.6) is 0 Å². The van der Waals surface area contributed by atoms with Gasteiger partial charge in [-0.25, -0.2) is 4.98 Å². The summed E-state index contributed by atoms with van der Waals surface area (Å²) in [4.78, 5) is 32.1. The topological polar surface area (TPSA) is 64.0 Å². The number of amides is 1. The molecule has 4 rings (SSSR count). The first-order chi connectivity index (χ1) is 15.7. The van der Waals surface area contributed by atoms with Crippen LogP contribution in [0.1, 0.15) is 28.8 Å². The van der Waals surface area contributed by atoms with Gasteiger partial charge in [-0.15, -0.1) is 17.9 Å². The number of nitrogens with one attached hydrogen (secondary N) is 1. The molecule has 0 aliphatic heterocycles.